The number of hydrogen-bond acceptors (Lipinski definition) is 3. The van der Waals surface area contributed by atoms with Crippen molar-refractivity contribution in [3.63, 3.8) is 0 Å². The summed E-state index contributed by atoms with van der Waals surface area (Å²) >= 11 is 0. The van der Waals surface area contributed by atoms with Crippen LogP contribution >= 0.6 is 0 Å². The van der Waals surface area contributed by atoms with Crippen molar-refractivity contribution < 1.29 is 4.21 Å². The molecule has 0 aliphatic rings. The van der Waals surface area contributed by atoms with Gasteiger partial charge in [-0.1, -0.05) is 6.92 Å². The third-order valence-electron chi connectivity index (χ3n) is 2.25. The van der Waals surface area contributed by atoms with Crippen molar-refractivity contribution in [3.05, 3.63) is 0 Å². The first-order chi connectivity index (χ1) is 6.43. The number of rotatable bonds is 6. The Morgan fingerprint density at radius 1 is 1.57 bits per heavy atom. The van der Waals surface area contributed by atoms with Gasteiger partial charge in [-0.15, -0.1) is 0 Å². The van der Waals surface area contributed by atoms with Crippen LogP contribution in [0, 0.1) is 16.7 Å². The van der Waals surface area contributed by atoms with Crippen LogP contribution in [0.4, 0.5) is 0 Å². The minimum Gasteiger partial charge on any atom is -0.330 e. The fourth-order valence-corrected chi connectivity index (χ4v) is 2.49. The van der Waals surface area contributed by atoms with E-state index >= 15 is 0 Å². The Morgan fingerprint density at radius 3 is 2.57 bits per heavy atom. The number of hydrogen-bond donors (Lipinski definition) is 1. The van der Waals surface area contributed by atoms with Gasteiger partial charge in [-0.2, -0.15) is 5.26 Å². The van der Waals surface area contributed by atoms with E-state index in [9.17, 15) is 4.21 Å². The zero-order valence-corrected chi connectivity index (χ0v) is 10.1. The predicted molar refractivity (Wildman–Crippen MR) is 60.2 cm³/mol. The third kappa shape index (κ3) is 5.36. The summed E-state index contributed by atoms with van der Waals surface area (Å²) in [7, 11) is -0.844. The molecule has 2 N–H and O–H groups in total. The molecule has 0 fully saturated rings. The van der Waals surface area contributed by atoms with Crippen LogP contribution in [0.5, 0.6) is 0 Å². The van der Waals surface area contributed by atoms with Crippen LogP contribution in [0.2, 0.25) is 0 Å². The van der Waals surface area contributed by atoms with Crippen LogP contribution < -0.4 is 5.73 Å². The van der Waals surface area contributed by atoms with E-state index in [1.54, 1.807) is 0 Å². The maximum absolute atomic E-state index is 11.6. The topological polar surface area (TPSA) is 66.9 Å². The summed E-state index contributed by atoms with van der Waals surface area (Å²) in [6.45, 7) is 6.27. The molecule has 2 atom stereocenters. The minimum absolute atomic E-state index is 0.148. The van der Waals surface area contributed by atoms with Gasteiger partial charge in [-0.3, -0.25) is 4.21 Å². The van der Waals surface area contributed by atoms with Crippen molar-refractivity contribution in [3.8, 4) is 6.07 Å². The van der Waals surface area contributed by atoms with Crippen LogP contribution in [-0.2, 0) is 10.8 Å². The van der Waals surface area contributed by atoms with Gasteiger partial charge in [0.2, 0.25) is 0 Å². The van der Waals surface area contributed by atoms with Gasteiger partial charge in [0.1, 0.15) is 0 Å². The molecule has 3 nitrogen and oxygen atoms in total. The monoisotopic (exact) mass is 216 g/mol. The van der Waals surface area contributed by atoms with E-state index in [4.69, 9.17) is 11.0 Å². The van der Waals surface area contributed by atoms with E-state index in [0.717, 1.165) is 6.42 Å². The minimum atomic E-state index is -0.844. The Kier molecular flexibility index (Phi) is 5.98. The van der Waals surface area contributed by atoms with E-state index in [0.29, 0.717) is 18.7 Å². The van der Waals surface area contributed by atoms with Crippen molar-refractivity contribution in [2.75, 3.05) is 12.3 Å². The molecule has 0 saturated carbocycles. The summed E-state index contributed by atoms with van der Waals surface area (Å²) in [5.74, 6) is 0.599. The third-order valence-corrected chi connectivity index (χ3v) is 3.99. The van der Waals surface area contributed by atoms with Gasteiger partial charge >= 0.3 is 0 Å². The molecule has 0 spiro atoms. The summed E-state index contributed by atoms with van der Waals surface area (Å²) in [5, 5.41) is 8.93. The lowest BCUT2D eigenvalue weighted by molar-refractivity contribution is 0.478. The Bertz CT molecular complexity index is 233. The van der Waals surface area contributed by atoms with Crippen LogP contribution in [0.1, 0.15) is 33.6 Å². The highest BCUT2D eigenvalue weighted by molar-refractivity contribution is 7.85. The van der Waals surface area contributed by atoms with Gasteiger partial charge in [0, 0.05) is 21.8 Å². The van der Waals surface area contributed by atoms with Crippen molar-refractivity contribution in [1.82, 2.24) is 0 Å². The van der Waals surface area contributed by atoms with E-state index in [1.165, 1.54) is 0 Å². The lowest BCUT2D eigenvalue weighted by Crippen LogP contribution is -2.21. The molecule has 0 saturated heterocycles. The van der Waals surface area contributed by atoms with E-state index in [1.807, 2.05) is 20.8 Å². The Morgan fingerprint density at radius 2 is 2.14 bits per heavy atom. The van der Waals surface area contributed by atoms with Crippen LogP contribution in [-0.4, -0.2) is 21.8 Å². The van der Waals surface area contributed by atoms with Gasteiger partial charge in [0.25, 0.3) is 0 Å². The lowest BCUT2D eigenvalue weighted by Gasteiger charge is -2.16. The Hall–Kier alpha value is -0.400. The number of nitrogens with two attached hydrogens (primary N) is 1. The summed E-state index contributed by atoms with van der Waals surface area (Å²) in [5.41, 5.74) is 5.03. The quantitative estimate of drug-likeness (QED) is 0.730. The van der Waals surface area contributed by atoms with E-state index in [-0.39, 0.29) is 10.7 Å². The molecular formula is C10H20N2OS. The molecule has 0 aromatic heterocycles. The zero-order chi connectivity index (χ0) is 11.2. The van der Waals surface area contributed by atoms with E-state index < -0.39 is 10.8 Å². The number of nitriles is 1. The maximum Gasteiger partial charge on any atom is 0.0684 e. The highest BCUT2D eigenvalue weighted by atomic mass is 32.2. The smallest absolute Gasteiger partial charge is 0.0684 e. The average Bonchev–Trinajstić information content (AvgIpc) is 2.15. The highest BCUT2D eigenvalue weighted by Gasteiger charge is 2.19. The molecule has 0 aliphatic heterocycles. The van der Waals surface area contributed by atoms with Crippen molar-refractivity contribution in [2.24, 2.45) is 11.1 Å². The average molecular weight is 216 g/mol. The maximum atomic E-state index is 11.6. The molecule has 0 rings (SSSR count). The normalized spacial score (nSPS) is 15.9. The van der Waals surface area contributed by atoms with Gasteiger partial charge < -0.3 is 5.73 Å². The molecule has 82 valence electrons. The summed E-state index contributed by atoms with van der Waals surface area (Å²) in [6, 6.07) is 2.21. The second-order valence-corrected chi connectivity index (χ2v) is 6.19. The van der Waals surface area contributed by atoms with Gasteiger partial charge in [0.15, 0.2) is 0 Å². The molecular weight excluding hydrogens is 196 g/mol. The Labute approximate surface area is 89.1 Å². The van der Waals surface area contributed by atoms with Gasteiger partial charge in [-0.25, -0.2) is 0 Å². The second kappa shape index (κ2) is 6.15. The van der Waals surface area contributed by atoms with Crippen molar-refractivity contribution >= 4 is 10.8 Å². The van der Waals surface area contributed by atoms with E-state index in [2.05, 4.69) is 6.07 Å². The fourth-order valence-electron chi connectivity index (χ4n) is 0.979. The molecule has 0 aromatic rings. The van der Waals surface area contributed by atoms with Gasteiger partial charge in [0.05, 0.1) is 11.5 Å². The molecule has 0 aliphatic carbocycles. The standard InChI is InChI=1S/C10H20N2OS/c1-9(4-6-11)14(13)7-5-10(2,3)8-12/h9H,4-7,11H2,1-3H3. The molecule has 0 heterocycles. The molecule has 0 amide bonds. The van der Waals surface area contributed by atoms with Crippen molar-refractivity contribution in [1.29, 1.82) is 5.26 Å². The molecule has 0 aromatic carbocycles. The zero-order valence-electron chi connectivity index (χ0n) is 9.25. The molecule has 2 unspecified atom stereocenters. The first-order valence-electron chi connectivity index (χ1n) is 4.91. The summed E-state index contributed by atoms with van der Waals surface area (Å²) < 4.78 is 11.6. The predicted octanol–water partition coefficient (Wildman–Crippen LogP) is 1.41. The molecule has 0 radical (unpaired) electrons. The van der Waals surface area contributed by atoms with Gasteiger partial charge in [-0.05, 0) is 33.2 Å². The molecule has 14 heavy (non-hydrogen) atoms. The van der Waals surface area contributed by atoms with Crippen LogP contribution in [0.15, 0.2) is 0 Å². The largest absolute Gasteiger partial charge is 0.330 e. The molecule has 0 bridgehead atoms. The number of nitrogens with zero attached hydrogens (tertiary/aromatic N) is 1. The summed E-state index contributed by atoms with van der Waals surface area (Å²) in [6.07, 6.45) is 1.48. The Balaban J connectivity index is 3.92. The van der Waals surface area contributed by atoms with Crippen molar-refractivity contribution in [2.45, 2.75) is 38.9 Å². The lowest BCUT2D eigenvalue weighted by atomic mass is 9.93. The highest BCUT2D eigenvalue weighted by Crippen LogP contribution is 2.19. The summed E-state index contributed by atoms with van der Waals surface area (Å²) in [4.78, 5) is 0. The first kappa shape index (κ1) is 13.6. The van der Waals surface area contributed by atoms with Crippen LogP contribution in [0.3, 0.4) is 0 Å². The SMILES string of the molecule is CC(CCN)S(=O)CCC(C)(C)C#N. The second-order valence-electron chi connectivity index (χ2n) is 4.22. The van der Waals surface area contributed by atoms with Crippen LogP contribution in [0.25, 0.3) is 0 Å². The molecule has 4 heteroatoms. The fraction of sp³-hybridized carbons (Fsp3) is 0.900. The first-order valence-corrected chi connectivity index (χ1v) is 6.29.